The number of fused-ring (bicyclic) bond motifs is 9. The van der Waals surface area contributed by atoms with Crippen LogP contribution >= 0.6 is 0 Å². The lowest BCUT2D eigenvalue weighted by molar-refractivity contribution is 0.984. The smallest absolute Gasteiger partial charge is 0.0541 e. The maximum Gasteiger partial charge on any atom is 0.0541 e. The van der Waals surface area contributed by atoms with Gasteiger partial charge in [-0.15, -0.1) is 0 Å². The van der Waals surface area contributed by atoms with E-state index >= 15 is 0 Å². The summed E-state index contributed by atoms with van der Waals surface area (Å²) in [6.45, 7) is 0. The first-order valence-corrected chi connectivity index (χ1v) is 17.7. The van der Waals surface area contributed by atoms with Crippen molar-refractivity contribution in [3.05, 3.63) is 205 Å². The van der Waals surface area contributed by atoms with E-state index in [9.17, 15) is 0 Å². The normalized spacial score (nSPS) is 13.7. The molecule has 0 spiro atoms. The molecule has 2 heterocycles. The summed E-state index contributed by atoms with van der Waals surface area (Å²) in [5.74, 6) is 0.0368. The Bertz CT molecular complexity index is 2890. The molecular weight excluding hydrogens is 617 g/mol. The minimum absolute atomic E-state index is 0.0368. The fraction of sp³-hybridized carbons (Fsp3) is 0.0204. The molecule has 10 aromatic rings. The average Bonchev–Trinajstić information content (AvgIpc) is 3.84. The van der Waals surface area contributed by atoms with Gasteiger partial charge in [0.2, 0.25) is 0 Å². The van der Waals surface area contributed by atoms with Crippen LogP contribution in [0.1, 0.15) is 22.6 Å². The number of nitrogens with zero attached hydrogens (tertiary/aromatic N) is 2. The third-order valence-corrected chi connectivity index (χ3v) is 11.0. The first-order valence-electron chi connectivity index (χ1n) is 17.7. The van der Waals surface area contributed by atoms with E-state index in [-0.39, 0.29) is 5.92 Å². The van der Waals surface area contributed by atoms with E-state index in [1.54, 1.807) is 0 Å². The van der Waals surface area contributed by atoms with Crippen LogP contribution in [0.2, 0.25) is 0 Å². The summed E-state index contributed by atoms with van der Waals surface area (Å²) < 4.78 is 4.94. The van der Waals surface area contributed by atoms with Crippen molar-refractivity contribution in [2.75, 3.05) is 0 Å². The standard InChI is InChI=1S/C49H32N2/c1-2-22-38-32(16-1)39-24-15-25-40(37-21-7-13-30-46(37)50-42-26-9-3-17-33(42)34-18-4-10-27-43(34)50)48(39)49(38)41-23-8-14-31-47(41)51-44-28-11-5-19-35(44)36-20-6-12-29-45(36)51/h1-31,49H. The number of hydrogen-bond acceptors (Lipinski definition) is 0. The van der Waals surface area contributed by atoms with Gasteiger partial charge in [0.05, 0.1) is 33.4 Å². The quantitative estimate of drug-likeness (QED) is 0.180. The number of hydrogen-bond donors (Lipinski definition) is 0. The van der Waals surface area contributed by atoms with Crippen LogP contribution in [0, 0.1) is 0 Å². The Morgan fingerprint density at radius 3 is 1.22 bits per heavy atom. The molecule has 51 heavy (non-hydrogen) atoms. The van der Waals surface area contributed by atoms with E-state index in [4.69, 9.17) is 0 Å². The Morgan fingerprint density at radius 1 is 0.275 bits per heavy atom. The summed E-state index contributed by atoms with van der Waals surface area (Å²) in [6, 6.07) is 69.2. The number of para-hydroxylation sites is 6. The monoisotopic (exact) mass is 648 g/mol. The van der Waals surface area contributed by atoms with Gasteiger partial charge in [-0.05, 0) is 69.8 Å². The molecule has 1 aliphatic rings. The topological polar surface area (TPSA) is 9.86 Å². The molecule has 1 unspecified atom stereocenters. The van der Waals surface area contributed by atoms with Crippen molar-refractivity contribution in [2.45, 2.75) is 5.92 Å². The fourth-order valence-corrected chi connectivity index (χ4v) is 9.01. The minimum atomic E-state index is 0.0368. The van der Waals surface area contributed by atoms with E-state index in [2.05, 4.69) is 197 Å². The van der Waals surface area contributed by atoms with Crippen molar-refractivity contribution in [1.82, 2.24) is 9.13 Å². The molecule has 0 aliphatic heterocycles. The SMILES string of the molecule is c1ccc2c(c1)-c1cccc(-c3ccccc3-n3c4ccccc4c4ccccc43)c1C2c1ccccc1-n1c2ccccc2c2ccccc21. The van der Waals surface area contributed by atoms with Gasteiger partial charge in [0.25, 0.3) is 0 Å². The highest BCUT2D eigenvalue weighted by Gasteiger charge is 2.34. The molecule has 0 N–H and O–H groups in total. The lowest BCUT2D eigenvalue weighted by Crippen LogP contribution is -2.07. The molecule has 238 valence electrons. The van der Waals surface area contributed by atoms with E-state index < -0.39 is 0 Å². The fourth-order valence-electron chi connectivity index (χ4n) is 9.01. The molecule has 11 rings (SSSR count). The number of aromatic nitrogens is 2. The highest BCUT2D eigenvalue weighted by molar-refractivity contribution is 6.11. The Morgan fingerprint density at radius 2 is 0.647 bits per heavy atom. The van der Waals surface area contributed by atoms with Crippen molar-refractivity contribution in [1.29, 1.82) is 0 Å². The van der Waals surface area contributed by atoms with Crippen LogP contribution in [-0.4, -0.2) is 9.13 Å². The number of rotatable bonds is 4. The first-order chi connectivity index (χ1) is 25.4. The Kier molecular flexibility index (Phi) is 6.05. The van der Waals surface area contributed by atoms with E-state index in [1.165, 1.54) is 93.9 Å². The van der Waals surface area contributed by atoms with Gasteiger partial charge in [0.15, 0.2) is 0 Å². The van der Waals surface area contributed by atoms with Crippen molar-refractivity contribution in [3.63, 3.8) is 0 Å². The lowest BCUT2D eigenvalue weighted by atomic mass is 9.83. The predicted octanol–water partition coefficient (Wildman–Crippen LogP) is 12.7. The molecule has 0 bridgehead atoms. The van der Waals surface area contributed by atoms with Crippen molar-refractivity contribution in [3.8, 4) is 33.6 Å². The van der Waals surface area contributed by atoms with Crippen LogP contribution in [0.4, 0.5) is 0 Å². The highest BCUT2D eigenvalue weighted by atomic mass is 15.0. The zero-order chi connectivity index (χ0) is 33.5. The molecule has 2 aromatic heterocycles. The van der Waals surface area contributed by atoms with Gasteiger partial charge in [-0.3, -0.25) is 0 Å². The molecule has 0 fully saturated rings. The molecule has 8 aromatic carbocycles. The van der Waals surface area contributed by atoms with Crippen LogP contribution in [0.25, 0.3) is 77.2 Å². The molecule has 2 nitrogen and oxygen atoms in total. The molecule has 0 radical (unpaired) electrons. The Balaban J connectivity index is 1.21. The van der Waals surface area contributed by atoms with Gasteiger partial charge >= 0.3 is 0 Å². The maximum absolute atomic E-state index is 2.48. The van der Waals surface area contributed by atoms with E-state index in [0.29, 0.717) is 0 Å². The summed E-state index contributed by atoms with van der Waals surface area (Å²) in [5, 5.41) is 5.09. The van der Waals surface area contributed by atoms with Gasteiger partial charge in [-0.25, -0.2) is 0 Å². The summed E-state index contributed by atoms with van der Waals surface area (Å²) in [7, 11) is 0. The van der Waals surface area contributed by atoms with Gasteiger partial charge in [0, 0.05) is 33.0 Å². The van der Waals surface area contributed by atoms with Crippen molar-refractivity contribution < 1.29 is 0 Å². The van der Waals surface area contributed by atoms with Gasteiger partial charge in [-0.2, -0.15) is 0 Å². The summed E-state index contributed by atoms with van der Waals surface area (Å²) in [6.07, 6.45) is 0. The lowest BCUT2D eigenvalue weighted by Gasteiger charge is -2.23. The minimum Gasteiger partial charge on any atom is -0.309 e. The maximum atomic E-state index is 2.48. The molecule has 0 amide bonds. The zero-order valence-electron chi connectivity index (χ0n) is 27.9. The van der Waals surface area contributed by atoms with E-state index in [0.717, 1.165) is 0 Å². The third-order valence-electron chi connectivity index (χ3n) is 11.0. The molecule has 0 saturated carbocycles. The molecule has 0 saturated heterocycles. The highest BCUT2D eigenvalue weighted by Crippen LogP contribution is 2.53. The molecule has 2 heteroatoms. The van der Waals surface area contributed by atoms with Crippen LogP contribution in [-0.2, 0) is 0 Å². The predicted molar refractivity (Wildman–Crippen MR) is 213 cm³/mol. The van der Waals surface area contributed by atoms with Gasteiger partial charge in [-0.1, -0.05) is 152 Å². The van der Waals surface area contributed by atoms with Gasteiger partial charge in [0.1, 0.15) is 0 Å². The second-order valence-corrected chi connectivity index (χ2v) is 13.6. The second-order valence-electron chi connectivity index (χ2n) is 13.6. The second kappa shape index (κ2) is 10.9. The largest absolute Gasteiger partial charge is 0.309 e. The Labute approximate surface area is 296 Å². The van der Waals surface area contributed by atoms with Crippen LogP contribution in [0.15, 0.2) is 188 Å². The van der Waals surface area contributed by atoms with Crippen LogP contribution < -0.4 is 0 Å². The van der Waals surface area contributed by atoms with Crippen molar-refractivity contribution in [2.24, 2.45) is 0 Å². The summed E-state index contributed by atoms with van der Waals surface area (Å²) >= 11 is 0. The summed E-state index contributed by atoms with van der Waals surface area (Å²) in [5.41, 5.74) is 16.4. The number of benzene rings is 8. The molecule has 1 aliphatic carbocycles. The zero-order valence-corrected chi connectivity index (χ0v) is 27.9. The third kappa shape index (κ3) is 3.99. The Hall–Kier alpha value is -6.64. The molecular formula is C49H32N2. The van der Waals surface area contributed by atoms with Crippen LogP contribution in [0.5, 0.6) is 0 Å². The average molecular weight is 649 g/mol. The first kappa shape index (κ1) is 28.2. The molecule has 1 atom stereocenters. The van der Waals surface area contributed by atoms with Crippen molar-refractivity contribution >= 4 is 43.6 Å². The van der Waals surface area contributed by atoms with Crippen LogP contribution in [0.3, 0.4) is 0 Å². The van der Waals surface area contributed by atoms with Gasteiger partial charge < -0.3 is 9.13 Å². The summed E-state index contributed by atoms with van der Waals surface area (Å²) in [4.78, 5) is 0. The van der Waals surface area contributed by atoms with E-state index in [1.807, 2.05) is 0 Å².